The minimum atomic E-state index is -1.03. The molecule has 0 aliphatic carbocycles. The summed E-state index contributed by atoms with van der Waals surface area (Å²) in [4.78, 5) is 0. The van der Waals surface area contributed by atoms with Gasteiger partial charge in [0, 0.05) is 6.42 Å². The summed E-state index contributed by atoms with van der Waals surface area (Å²) in [6.07, 6.45) is 0.457. The zero-order valence-electron chi connectivity index (χ0n) is 11.6. The molecule has 1 unspecified atom stereocenters. The first-order valence-corrected chi connectivity index (χ1v) is 6.41. The molecule has 2 aromatic carbocycles. The summed E-state index contributed by atoms with van der Waals surface area (Å²) in [5, 5.41) is 19.6. The van der Waals surface area contributed by atoms with Gasteiger partial charge in [-0.05, 0) is 42.3 Å². The number of ether oxygens (including phenoxy) is 1. The van der Waals surface area contributed by atoms with Crippen LogP contribution in [0, 0.1) is 11.3 Å². The molecule has 0 saturated carbocycles. The maximum absolute atomic E-state index is 10.7. The van der Waals surface area contributed by atoms with Gasteiger partial charge < -0.3 is 9.84 Å². The topological polar surface area (TPSA) is 53.2 Å². The normalized spacial score (nSPS) is 13.3. The molecule has 0 heterocycles. The fourth-order valence-electron chi connectivity index (χ4n) is 2.21. The second kappa shape index (κ2) is 5.77. The lowest BCUT2D eigenvalue weighted by atomic mass is 9.88. The van der Waals surface area contributed by atoms with Crippen LogP contribution in [0.5, 0.6) is 5.75 Å². The summed E-state index contributed by atoms with van der Waals surface area (Å²) < 4.78 is 5.19. The van der Waals surface area contributed by atoms with E-state index in [4.69, 9.17) is 10.00 Å². The van der Waals surface area contributed by atoms with Crippen molar-refractivity contribution < 1.29 is 9.84 Å². The van der Waals surface area contributed by atoms with Crippen LogP contribution in [0.2, 0.25) is 0 Å². The Bertz CT molecular complexity index is 641. The van der Waals surface area contributed by atoms with Gasteiger partial charge in [0.1, 0.15) is 5.75 Å². The van der Waals surface area contributed by atoms with Crippen LogP contribution in [-0.2, 0) is 12.0 Å². The average molecular weight is 267 g/mol. The van der Waals surface area contributed by atoms with Crippen molar-refractivity contribution in [1.29, 1.82) is 5.26 Å². The minimum absolute atomic E-state index is 0.457. The number of benzene rings is 2. The summed E-state index contributed by atoms with van der Waals surface area (Å²) in [5.74, 6) is 0.768. The summed E-state index contributed by atoms with van der Waals surface area (Å²) in [7, 11) is 1.62. The van der Waals surface area contributed by atoms with Crippen LogP contribution < -0.4 is 4.74 Å². The maximum Gasteiger partial charge on any atom is 0.119 e. The number of hydrogen-bond acceptors (Lipinski definition) is 3. The molecule has 0 aliphatic heterocycles. The highest BCUT2D eigenvalue weighted by atomic mass is 16.5. The van der Waals surface area contributed by atoms with Gasteiger partial charge in [-0.15, -0.1) is 0 Å². The molecule has 102 valence electrons. The van der Waals surface area contributed by atoms with Crippen LogP contribution >= 0.6 is 0 Å². The molecule has 2 rings (SSSR count). The van der Waals surface area contributed by atoms with Gasteiger partial charge in [0.15, 0.2) is 0 Å². The number of methoxy groups -OCH3 is 1. The molecule has 2 aromatic rings. The summed E-state index contributed by atoms with van der Waals surface area (Å²) in [6.45, 7) is 1.75. The van der Waals surface area contributed by atoms with Gasteiger partial charge >= 0.3 is 0 Å². The van der Waals surface area contributed by atoms with Crippen LogP contribution in [0.25, 0.3) is 0 Å². The van der Waals surface area contributed by atoms with Crippen molar-refractivity contribution in [2.24, 2.45) is 0 Å². The largest absolute Gasteiger partial charge is 0.497 e. The molecule has 1 atom stereocenters. The molecule has 20 heavy (non-hydrogen) atoms. The number of nitriles is 1. The van der Waals surface area contributed by atoms with Gasteiger partial charge in [-0.25, -0.2) is 0 Å². The van der Waals surface area contributed by atoms with Gasteiger partial charge in [0.05, 0.1) is 24.3 Å². The average Bonchev–Trinajstić information content (AvgIpc) is 2.47. The molecule has 0 saturated heterocycles. The number of rotatable bonds is 4. The van der Waals surface area contributed by atoms with Crippen LogP contribution in [-0.4, -0.2) is 12.2 Å². The van der Waals surface area contributed by atoms with E-state index in [-0.39, 0.29) is 0 Å². The van der Waals surface area contributed by atoms with E-state index < -0.39 is 5.60 Å². The Balaban J connectivity index is 2.27. The zero-order chi connectivity index (χ0) is 14.6. The number of hydrogen-bond donors (Lipinski definition) is 1. The van der Waals surface area contributed by atoms with Crippen molar-refractivity contribution in [3.8, 4) is 11.8 Å². The summed E-state index contributed by atoms with van der Waals surface area (Å²) in [5.41, 5.74) is 1.24. The first kappa shape index (κ1) is 14.1. The standard InChI is InChI=1S/C17H17NO2/c1-17(19,15-7-3-6-14(9-15)12-18)11-13-5-4-8-16(10-13)20-2/h3-10,19H,11H2,1-2H3. The molecular formula is C17H17NO2. The third kappa shape index (κ3) is 3.17. The summed E-state index contributed by atoms with van der Waals surface area (Å²) >= 11 is 0. The molecule has 3 heteroatoms. The van der Waals surface area contributed by atoms with Crippen molar-refractivity contribution in [1.82, 2.24) is 0 Å². The molecule has 0 radical (unpaired) electrons. The van der Waals surface area contributed by atoms with Crippen molar-refractivity contribution in [3.05, 3.63) is 65.2 Å². The number of nitrogens with zero attached hydrogens (tertiary/aromatic N) is 1. The Hall–Kier alpha value is -2.31. The Labute approximate surface area is 119 Å². The third-order valence-corrected chi connectivity index (χ3v) is 3.30. The molecule has 1 N–H and O–H groups in total. The Kier molecular flexibility index (Phi) is 4.07. The monoisotopic (exact) mass is 267 g/mol. The molecule has 0 bridgehead atoms. The first-order valence-electron chi connectivity index (χ1n) is 6.41. The lowest BCUT2D eigenvalue weighted by Crippen LogP contribution is -2.24. The van der Waals surface area contributed by atoms with Gasteiger partial charge in [-0.1, -0.05) is 24.3 Å². The van der Waals surface area contributed by atoms with Crippen molar-refractivity contribution in [2.45, 2.75) is 18.9 Å². The third-order valence-electron chi connectivity index (χ3n) is 3.30. The second-order valence-corrected chi connectivity index (χ2v) is 4.99. The van der Waals surface area contributed by atoms with E-state index in [0.717, 1.165) is 16.9 Å². The quantitative estimate of drug-likeness (QED) is 0.926. The Morgan fingerprint density at radius 2 is 1.95 bits per heavy atom. The van der Waals surface area contributed by atoms with E-state index in [2.05, 4.69) is 6.07 Å². The van der Waals surface area contributed by atoms with Crippen molar-refractivity contribution in [2.75, 3.05) is 7.11 Å². The van der Waals surface area contributed by atoms with Crippen LogP contribution in [0.4, 0.5) is 0 Å². The van der Waals surface area contributed by atoms with Gasteiger partial charge in [-0.3, -0.25) is 0 Å². The van der Waals surface area contributed by atoms with Gasteiger partial charge in [-0.2, -0.15) is 5.26 Å². The highest BCUT2D eigenvalue weighted by molar-refractivity contribution is 5.37. The van der Waals surface area contributed by atoms with Gasteiger partial charge in [0.2, 0.25) is 0 Å². The van der Waals surface area contributed by atoms with E-state index in [1.807, 2.05) is 30.3 Å². The lowest BCUT2D eigenvalue weighted by molar-refractivity contribution is 0.0575. The first-order chi connectivity index (χ1) is 9.55. The smallest absolute Gasteiger partial charge is 0.119 e. The maximum atomic E-state index is 10.7. The van der Waals surface area contributed by atoms with Crippen LogP contribution in [0.15, 0.2) is 48.5 Å². The second-order valence-electron chi connectivity index (χ2n) is 4.99. The fraction of sp³-hybridized carbons (Fsp3) is 0.235. The molecule has 0 aromatic heterocycles. The molecule has 0 fully saturated rings. The number of aliphatic hydroxyl groups is 1. The Morgan fingerprint density at radius 1 is 1.20 bits per heavy atom. The molecular weight excluding hydrogens is 250 g/mol. The van der Waals surface area contributed by atoms with E-state index in [0.29, 0.717) is 12.0 Å². The highest BCUT2D eigenvalue weighted by Gasteiger charge is 2.24. The fourth-order valence-corrected chi connectivity index (χ4v) is 2.21. The molecule has 0 amide bonds. The summed E-state index contributed by atoms with van der Waals surface area (Å²) in [6, 6.07) is 16.8. The van der Waals surface area contributed by atoms with E-state index in [1.54, 1.807) is 32.2 Å². The van der Waals surface area contributed by atoms with Crippen LogP contribution in [0.3, 0.4) is 0 Å². The molecule has 3 nitrogen and oxygen atoms in total. The minimum Gasteiger partial charge on any atom is -0.497 e. The lowest BCUT2D eigenvalue weighted by Gasteiger charge is -2.24. The predicted molar refractivity (Wildman–Crippen MR) is 77.4 cm³/mol. The highest BCUT2D eigenvalue weighted by Crippen LogP contribution is 2.27. The molecule has 0 aliphatic rings. The van der Waals surface area contributed by atoms with E-state index in [9.17, 15) is 5.11 Å². The SMILES string of the molecule is COc1cccc(CC(C)(O)c2cccc(C#N)c2)c1. The van der Waals surface area contributed by atoms with Crippen LogP contribution in [0.1, 0.15) is 23.6 Å². The van der Waals surface area contributed by atoms with Crippen molar-refractivity contribution in [3.63, 3.8) is 0 Å². The zero-order valence-corrected chi connectivity index (χ0v) is 11.6. The van der Waals surface area contributed by atoms with E-state index >= 15 is 0 Å². The van der Waals surface area contributed by atoms with E-state index in [1.165, 1.54) is 0 Å². The van der Waals surface area contributed by atoms with Gasteiger partial charge in [0.25, 0.3) is 0 Å². The van der Waals surface area contributed by atoms with Crippen molar-refractivity contribution >= 4 is 0 Å². The Morgan fingerprint density at radius 3 is 2.65 bits per heavy atom. The predicted octanol–water partition coefficient (Wildman–Crippen LogP) is 3.02. The molecule has 0 spiro atoms.